The number of anilines is 1. The van der Waals surface area contributed by atoms with Crippen LogP contribution in [0, 0.1) is 6.92 Å². The average Bonchev–Trinajstić information content (AvgIpc) is 2.37. The van der Waals surface area contributed by atoms with Crippen molar-refractivity contribution < 1.29 is 4.74 Å². The van der Waals surface area contributed by atoms with Crippen molar-refractivity contribution in [3.05, 3.63) is 17.5 Å². The van der Waals surface area contributed by atoms with Gasteiger partial charge in [0.05, 0.1) is 6.61 Å². The highest BCUT2D eigenvalue weighted by molar-refractivity contribution is 5.32. The van der Waals surface area contributed by atoms with Gasteiger partial charge in [0.15, 0.2) is 0 Å². The maximum absolute atomic E-state index is 5.12. The molecule has 1 aromatic heterocycles. The topological polar surface area (TPSA) is 50.3 Å². The minimum atomic E-state index is 0.0963. The van der Waals surface area contributed by atoms with Gasteiger partial charge in [0.2, 0.25) is 5.95 Å². The van der Waals surface area contributed by atoms with Crippen LogP contribution >= 0.6 is 0 Å². The number of ether oxygens (including phenoxy) is 1. The fourth-order valence-electron chi connectivity index (χ4n) is 1.77. The standard InChI is InChI=1S/C15H28N4O/c1-7-19(8-9-20-6)14-16-10-13(12(2)18-14)11-17-15(3,4)5/h10,17H,7-9,11H2,1-6H3. The maximum Gasteiger partial charge on any atom is 0.225 e. The molecule has 1 N–H and O–H groups in total. The molecular weight excluding hydrogens is 252 g/mol. The molecule has 20 heavy (non-hydrogen) atoms. The van der Waals surface area contributed by atoms with Crippen LogP contribution < -0.4 is 10.2 Å². The molecule has 0 atom stereocenters. The normalized spacial score (nSPS) is 11.7. The number of rotatable bonds is 7. The van der Waals surface area contributed by atoms with E-state index in [-0.39, 0.29) is 5.54 Å². The number of methoxy groups -OCH3 is 1. The Bertz CT molecular complexity index is 415. The van der Waals surface area contributed by atoms with Crippen molar-refractivity contribution in [3.8, 4) is 0 Å². The summed E-state index contributed by atoms with van der Waals surface area (Å²) < 4.78 is 5.12. The van der Waals surface area contributed by atoms with Crippen LogP contribution in [0.3, 0.4) is 0 Å². The summed E-state index contributed by atoms with van der Waals surface area (Å²) in [5.41, 5.74) is 2.27. The van der Waals surface area contributed by atoms with Crippen molar-refractivity contribution >= 4 is 5.95 Å². The lowest BCUT2D eigenvalue weighted by Gasteiger charge is -2.23. The van der Waals surface area contributed by atoms with E-state index in [1.807, 2.05) is 13.1 Å². The molecule has 0 unspecified atom stereocenters. The lowest BCUT2D eigenvalue weighted by atomic mass is 10.1. The van der Waals surface area contributed by atoms with Crippen LogP contribution in [0.15, 0.2) is 6.20 Å². The van der Waals surface area contributed by atoms with Gasteiger partial charge in [0.25, 0.3) is 0 Å². The quantitative estimate of drug-likeness (QED) is 0.829. The molecule has 0 aliphatic rings. The lowest BCUT2D eigenvalue weighted by Crippen LogP contribution is -2.35. The van der Waals surface area contributed by atoms with E-state index in [0.29, 0.717) is 6.61 Å². The van der Waals surface area contributed by atoms with E-state index in [4.69, 9.17) is 4.74 Å². The first-order valence-electron chi connectivity index (χ1n) is 7.18. The van der Waals surface area contributed by atoms with Crippen LogP contribution in [0.5, 0.6) is 0 Å². The van der Waals surface area contributed by atoms with E-state index in [0.717, 1.165) is 36.8 Å². The molecule has 0 saturated heterocycles. The van der Waals surface area contributed by atoms with Gasteiger partial charge in [0.1, 0.15) is 0 Å². The molecule has 1 rings (SSSR count). The maximum atomic E-state index is 5.12. The number of aromatic nitrogens is 2. The zero-order chi connectivity index (χ0) is 15.2. The summed E-state index contributed by atoms with van der Waals surface area (Å²) in [6.07, 6.45) is 1.92. The summed E-state index contributed by atoms with van der Waals surface area (Å²) in [6, 6.07) is 0. The van der Waals surface area contributed by atoms with Crippen LogP contribution in [-0.2, 0) is 11.3 Å². The first-order chi connectivity index (χ1) is 9.37. The van der Waals surface area contributed by atoms with Crippen LogP contribution in [-0.4, -0.2) is 42.3 Å². The fraction of sp³-hybridized carbons (Fsp3) is 0.733. The largest absolute Gasteiger partial charge is 0.383 e. The molecule has 1 aromatic rings. The smallest absolute Gasteiger partial charge is 0.225 e. The first kappa shape index (κ1) is 16.9. The van der Waals surface area contributed by atoms with Crippen LogP contribution in [0.1, 0.15) is 39.0 Å². The molecule has 5 heteroatoms. The van der Waals surface area contributed by atoms with E-state index in [2.05, 4.69) is 47.9 Å². The Morgan fingerprint density at radius 3 is 2.55 bits per heavy atom. The Morgan fingerprint density at radius 1 is 1.35 bits per heavy atom. The monoisotopic (exact) mass is 280 g/mol. The molecule has 1 heterocycles. The zero-order valence-corrected chi connectivity index (χ0v) is 13.7. The highest BCUT2D eigenvalue weighted by Gasteiger charge is 2.12. The average molecular weight is 280 g/mol. The zero-order valence-electron chi connectivity index (χ0n) is 13.7. The van der Waals surface area contributed by atoms with E-state index in [1.165, 1.54) is 0 Å². The van der Waals surface area contributed by atoms with Gasteiger partial charge in [-0.3, -0.25) is 0 Å². The molecule has 0 fully saturated rings. The molecule has 0 aromatic carbocycles. The van der Waals surface area contributed by atoms with Crippen molar-refractivity contribution in [1.29, 1.82) is 0 Å². The van der Waals surface area contributed by atoms with Crippen molar-refractivity contribution in [2.75, 3.05) is 31.7 Å². The van der Waals surface area contributed by atoms with Crippen molar-refractivity contribution in [3.63, 3.8) is 0 Å². The summed E-state index contributed by atoms with van der Waals surface area (Å²) in [5, 5.41) is 3.46. The van der Waals surface area contributed by atoms with Crippen molar-refractivity contribution in [2.24, 2.45) is 0 Å². The summed E-state index contributed by atoms with van der Waals surface area (Å²) in [7, 11) is 1.71. The van der Waals surface area contributed by atoms with Gasteiger partial charge in [0, 0.05) is 49.7 Å². The highest BCUT2D eigenvalue weighted by atomic mass is 16.5. The second kappa shape index (κ2) is 7.55. The molecule has 114 valence electrons. The Kier molecular flexibility index (Phi) is 6.36. The van der Waals surface area contributed by atoms with E-state index >= 15 is 0 Å². The number of aryl methyl sites for hydroxylation is 1. The molecule has 5 nitrogen and oxygen atoms in total. The predicted octanol–water partition coefficient (Wildman–Crippen LogP) is 2.15. The predicted molar refractivity (Wildman–Crippen MR) is 83.1 cm³/mol. The van der Waals surface area contributed by atoms with Gasteiger partial charge in [-0.05, 0) is 34.6 Å². The number of nitrogens with one attached hydrogen (secondary N) is 1. The molecule has 0 saturated carbocycles. The number of nitrogens with zero attached hydrogens (tertiary/aromatic N) is 3. The van der Waals surface area contributed by atoms with E-state index in [1.54, 1.807) is 7.11 Å². The summed E-state index contributed by atoms with van der Waals surface area (Å²) >= 11 is 0. The molecule has 0 spiro atoms. The van der Waals surface area contributed by atoms with Crippen LogP contribution in [0.25, 0.3) is 0 Å². The summed E-state index contributed by atoms with van der Waals surface area (Å²) in [5.74, 6) is 0.779. The number of hydrogen-bond acceptors (Lipinski definition) is 5. The van der Waals surface area contributed by atoms with Gasteiger partial charge >= 0.3 is 0 Å². The first-order valence-corrected chi connectivity index (χ1v) is 7.18. The third-order valence-electron chi connectivity index (χ3n) is 3.11. The second-order valence-electron chi connectivity index (χ2n) is 5.96. The van der Waals surface area contributed by atoms with Crippen LogP contribution in [0.4, 0.5) is 5.95 Å². The molecule has 0 radical (unpaired) electrons. The van der Waals surface area contributed by atoms with E-state index in [9.17, 15) is 0 Å². The summed E-state index contributed by atoms with van der Waals surface area (Å²) in [6.45, 7) is 13.8. The van der Waals surface area contributed by atoms with E-state index < -0.39 is 0 Å². The highest BCUT2D eigenvalue weighted by Crippen LogP contribution is 2.12. The second-order valence-corrected chi connectivity index (χ2v) is 5.96. The molecule has 0 aliphatic carbocycles. The Labute approximate surface area is 122 Å². The Balaban J connectivity index is 2.75. The third-order valence-corrected chi connectivity index (χ3v) is 3.11. The SMILES string of the molecule is CCN(CCOC)c1ncc(CNC(C)(C)C)c(C)n1. The fourth-order valence-corrected chi connectivity index (χ4v) is 1.77. The number of hydrogen-bond donors (Lipinski definition) is 1. The van der Waals surface area contributed by atoms with Gasteiger partial charge in [-0.2, -0.15) is 0 Å². The van der Waals surface area contributed by atoms with Gasteiger partial charge in [-0.1, -0.05) is 0 Å². The Hall–Kier alpha value is -1.20. The third kappa shape index (κ3) is 5.43. The van der Waals surface area contributed by atoms with Gasteiger partial charge < -0.3 is 15.0 Å². The number of likely N-dealkylation sites (N-methyl/N-ethyl adjacent to an activating group) is 1. The van der Waals surface area contributed by atoms with Gasteiger partial charge in [-0.15, -0.1) is 0 Å². The molecule has 0 amide bonds. The van der Waals surface area contributed by atoms with Crippen molar-refractivity contribution in [1.82, 2.24) is 15.3 Å². The van der Waals surface area contributed by atoms with Crippen molar-refractivity contribution in [2.45, 2.75) is 46.7 Å². The lowest BCUT2D eigenvalue weighted by molar-refractivity contribution is 0.205. The molecule has 0 bridgehead atoms. The minimum Gasteiger partial charge on any atom is -0.383 e. The molecule has 0 aliphatic heterocycles. The van der Waals surface area contributed by atoms with Gasteiger partial charge in [-0.25, -0.2) is 9.97 Å². The molecular formula is C15H28N4O. The summed E-state index contributed by atoms with van der Waals surface area (Å²) in [4.78, 5) is 11.2. The van der Waals surface area contributed by atoms with Crippen LogP contribution in [0.2, 0.25) is 0 Å². The Morgan fingerprint density at radius 2 is 2.05 bits per heavy atom. The minimum absolute atomic E-state index is 0.0963.